The first kappa shape index (κ1) is 13.3. The Labute approximate surface area is 109 Å². The second kappa shape index (κ2) is 5.69. The van der Waals surface area contributed by atoms with Gasteiger partial charge in [0.25, 0.3) is 5.91 Å². The number of ether oxygens (including phenoxy) is 1. The number of rotatable bonds is 6. The van der Waals surface area contributed by atoms with Crippen molar-refractivity contribution >= 4 is 11.9 Å². The van der Waals surface area contributed by atoms with Gasteiger partial charge in [0, 0.05) is 6.04 Å². The van der Waals surface area contributed by atoms with Crippen LogP contribution in [0.4, 0.5) is 4.39 Å². The van der Waals surface area contributed by atoms with Crippen LogP contribution >= 0.6 is 0 Å². The van der Waals surface area contributed by atoms with Gasteiger partial charge in [-0.25, -0.2) is 4.39 Å². The molecule has 1 aliphatic rings. The van der Waals surface area contributed by atoms with Crippen LogP contribution in [0.3, 0.4) is 0 Å². The Morgan fingerprint density at radius 2 is 2.05 bits per heavy atom. The molecule has 0 unspecified atom stereocenters. The number of carboxylic acid groups (broad SMARTS) is 1. The first-order chi connectivity index (χ1) is 9.08. The second-order valence-electron chi connectivity index (χ2n) is 4.37. The summed E-state index contributed by atoms with van der Waals surface area (Å²) in [5.74, 6) is -2.06. The predicted octanol–water partition coefficient (Wildman–Crippen LogP) is 1.28. The highest BCUT2D eigenvalue weighted by atomic mass is 19.1. The third-order valence-corrected chi connectivity index (χ3v) is 2.80. The maximum atomic E-state index is 13.3. The minimum Gasteiger partial charge on any atom is -0.481 e. The SMILES string of the molecule is O=C(O)CN(C(=O)COc1ccccc1F)C1CC1. The van der Waals surface area contributed by atoms with Crippen LogP contribution in [-0.2, 0) is 9.59 Å². The van der Waals surface area contributed by atoms with E-state index < -0.39 is 17.7 Å². The first-order valence-electron chi connectivity index (χ1n) is 5.96. The van der Waals surface area contributed by atoms with Crippen molar-refractivity contribution in [1.82, 2.24) is 4.90 Å². The molecular formula is C13H14FNO4. The van der Waals surface area contributed by atoms with Crippen LogP contribution in [0.1, 0.15) is 12.8 Å². The monoisotopic (exact) mass is 267 g/mol. The van der Waals surface area contributed by atoms with Gasteiger partial charge in [-0.3, -0.25) is 9.59 Å². The molecule has 0 spiro atoms. The van der Waals surface area contributed by atoms with Crippen molar-refractivity contribution < 1.29 is 23.8 Å². The molecule has 1 saturated carbocycles. The van der Waals surface area contributed by atoms with Crippen LogP contribution in [0, 0.1) is 5.82 Å². The highest BCUT2D eigenvalue weighted by molar-refractivity contribution is 5.83. The van der Waals surface area contributed by atoms with Crippen molar-refractivity contribution in [3.8, 4) is 5.75 Å². The van der Waals surface area contributed by atoms with Crippen molar-refractivity contribution in [2.75, 3.05) is 13.2 Å². The number of hydrogen-bond acceptors (Lipinski definition) is 3. The Hall–Kier alpha value is -2.11. The van der Waals surface area contributed by atoms with Crippen LogP contribution in [-0.4, -0.2) is 41.1 Å². The van der Waals surface area contributed by atoms with Crippen molar-refractivity contribution in [3.05, 3.63) is 30.1 Å². The van der Waals surface area contributed by atoms with E-state index in [9.17, 15) is 14.0 Å². The van der Waals surface area contributed by atoms with Crippen LogP contribution in [0.15, 0.2) is 24.3 Å². The lowest BCUT2D eigenvalue weighted by Crippen LogP contribution is -2.40. The Balaban J connectivity index is 1.92. The van der Waals surface area contributed by atoms with Crippen LogP contribution < -0.4 is 4.74 Å². The van der Waals surface area contributed by atoms with Gasteiger partial charge in [-0.1, -0.05) is 12.1 Å². The normalized spacial score (nSPS) is 13.9. The molecule has 1 fully saturated rings. The average Bonchev–Trinajstić information content (AvgIpc) is 3.18. The maximum Gasteiger partial charge on any atom is 0.323 e. The van der Waals surface area contributed by atoms with E-state index >= 15 is 0 Å². The fourth-order valence-corrected chi connectivity index (χ4v) is 1.74. The quantitative estimate of drug-likeness (QED) is 0.843. The van der Waals surface area contributed by atoms with E-state index in [0.717, 1.165) is 12.8 Å². The molecule has 2 rings (SSSR count). The molecule has 1 amide bonds. The first-order valence-corrected chi connectivity index (χ1v) is 5.96. The van der Waals surface area contributed by atoms with Crippen molar-refractivity contribution in [3.63, 3.8) is 0 Å². The van der Waals surface area contributed by atoms with Crippen molar-refractivity contribution in [2.45, 2.75) is 18.9 Å². The maximum absolute atomic E-state index is 13.3. The number of para-hydroxylation sites is 1. The van der Waals surface area contributed by atoms with Gasteiger partial charge in [-0.05, 0) is 25.0 Å². The standard InChI is InChI=1S/C13H14FNO4/c14-10-3-1-2-4-11(10)19-8-12(16)15(7-13(17)18)9-5-6-9/h1-4,9H,5-8H2,(H,17,18). The summed E-state index contributed by atoms with van der Waals surface area (Å²) in [7, 11) is 0. The largest absolute Gasteiger partial charge is 0.481 e. The molecule has 0 heterocycles. The minimum atomic E-state index is -1.06. The molecule has 6 heteroatoms. The lowest BCUT2D eigenvalue weighted by atomic mass is 10.3. The highest BCUT2D eigenvalue weighted by Gasteiger charge is 2.33. The molecule has 1 aromatic carbocycles. The lowest BCUT2D eigenvalue weighted by molar-refractivity contribution is -0.145. The van der Waals surface area contributed by atoms with E-state index in [2.05, 4.69) is 0 Å². The van der Waals surface area contributed by atoms with Gasteiger partial charge in [-0.15, -0.1) is 0 Å². The molecule has 102 valence electrons. The topological polar surface area (TPSA) is 66.8 Å². The van der Waals surface area contributed by atoms with Gasteiger partial charge in [-0.2, -0.15) is 0 Å². The highest BCUT2D eigenvalue weighted by Crippen LogP contribution is 2.26. The van der Waals surface area contributed by atoms with E-state index in [0.29, 0.717) is 0 Å². The van der Waals surface area contributed by atoms with E-state index in [1.54, 1.807) is 6.07 Å². The van der Waals surface area contributed by atoms with Crippen molar-refractivity contribution in [2.24, 2.45) is 0 Å². The van der Waals surface area contributed by atoms with Crippen LogP contribution in [0.5, 0.6) is 5.75 Å². The number of carboxylic acids is 1. The fourth-order valence-electron chi connectivity index (χ4n) is 1.74. The zero-order valence-electron chi connectivity index (χ0n) is 10.2. The molecule has 1 N–H and O–H groups in total. The summed E-state index contributed by atoms with van der Waals surface area (Å²) in [6, 6.07) is 5.74. The third-order valence-electron chi connectivity index (χ3n) is 2.80. The zero-order chi connectivity index (χ0) is 13.8. The molecule has 0 atom stereocenters. The number of halogens is 1. The van der Waals surface area contributed by atoms with Crippen molar-refractivity contribution in [1.29, 1.82) is 0 Å². The number of aliphatic carboxylic acids is 1. The summed E-state index contributed by atoms with van der Waals surface area (Å²) >= 11 is 0. The minimum absolute atomic E-state index is 0.0121. The van der Waals surface area contributed by atoms with Gasteiger partial charge in [0.15, 0.2) is 18.2 Å². The molecule has 0 aromatic heterocycles. The number of nitrogens with zero attached hydrogens (tertiary/aromatic N) is 1. The Bertz CT molecular complexity index is 487. The molecule has 0 saturated heterocycles. The summed E-state index contributed by atoms with van der Waals surface area (Å²) < 4.78 is 18.4. The van der Waals surface area contributed by atoms with E-state index in [1.807, 2.05) is 0 Å². The van der Waals surface area contributed by atoms with E-state index in [-0.39, 0.29) is 24.9 Å². The van der Waals surface area contributed by atoms with E-state index in [1.165, 1.54) is 23.1 Å². The summed E-state index contributed by atoms with van der Waals surface area (Å²) in [4.78, 5) is 23.8. The predicted molar refractivity (Wildman–Crippen MR) is 64.3 cm³/mol. The fraction of sp³-hybridized carbons (Fsp3) is 0.385. The molecule has 19 heavy (non-hydrogen) atoms. The van der Waals surface area contributed by atoms with Crippen LogP contribution in [0.2, 0.25) is 0 Å². The summed E-state index contributed by atoms with van der Waals surface area (Å²) in [6.07, 6.45) is 1.61. The summed E-state index contributed by atoms with van der Waals surface area (Å²) in [6.45, 7) is -0.700. The Morgan fingerprint density at radius 1 is 1.37 bits per heavy atom. The summed E-state index contributed by atoms with van der Waals surface area (Å²) in [5, 5.41) is 8.74. The Kier molecular flexibility index (Phi) is 3.99. The second-order valence-corrected chi connectivity index (χ2v) is 4.37. The van der Waals surface area contributed by atoms with E-state index in [4.69, 9.17) is 9.84 Å². The zero-order valence-corrected chi connectivity index (χ0v) is 10.2. The van der Waals surface area contributed by atoms with Gasteiger partial charge in [0.05, 0.1) is 0 Å². The smallest absolute Gasteiger partial charge is 0.323 e. The molecular weight excluding hydrogens is 253 g/mol. The third kappa shape index (κ3) is 3.67. The van der Waals surface area contributed by atoms with Gasteiger partial charge in [0.1, 0.15) is 6.54 Å². The Morgan fingerprint density at radius 3 is 2.63 bits per heavy atom. The summed E-state index contributed by atoms with van der Waals surface area (Å²) in [5.41, 5.74) is 0. The molecule has 0 radical (unpaired) electrons. The molecule has 5 nitrogen and oxygen atoms in total. The molecule has 0 aliphatic heterocycles. The van der Waals surface area contributed by atoms with Gasteiger partial charge in [0.2, 0.25) is 0 Å². The lowest BCUT2D eigenvalue weighted by Gasteiger charge is -2.20. The number of carbonyl (C=O) groups is 2. The van der Waals surface area contributed by atoms with Crippen LogP contribution in [0.25, 0.3) is 0 Å². The molecule has 1 aliphatic carbocycles. The number of amides is 1. The van der Waals surface area contributed by atoms with Gasteiger partial charge >= 0.3 is 5.97 Å². The number of carbonyl (C=O) groups excluding carboxylic acids is 1. The average molecular weight is 267 g/mol. The van der Waals surface area contributed by atoms with Gasteiger partial charge < -0.3 is 14.7 Å². The number of hydrogen-bond donors (Lipinski definition) is 1. The number of benzene rings is 1. The molecule has 0 bridgehead atoms. The molecule has 1 aromatic rings.